The van der Waals surface area contributed by atoms with E-state index in [9.17, 15) is 4.79 Å². The fourth-order valence-electron chi connectivity index (χ4n) is 1.34. The molecule has 3 N–H and O–H groups in total. The number of ether oxygens (including phenoxy) is 1. The Morgan fingerprint density at radius 1 is 1.53 bits per heavy atom. The number of esters is 1. The molecule has 0 bridgehead atoms. The zero-order valence-electron chi connectivity index (χ0n) is 8.69. The van der Waals surface area contributed by atoms with Gasteiger partial charge < -0.3 is 15.6 Å². The van der Waals surface area contributed by atoms with Crippen molar-refractivity contribution in [3.05, 3.63) is 29.3 Å². The van der Waals surface area contributed by atoms with Crippen molar-refractivity contribution in [2.24, 2.45) is 0 Å². The Hall–Kier alpha value is -1.55. The van der Waals surface area contributed by atoms with Gasteiger partial charge in [-0.15, -0.1) is 0 Å². The normalized spacial score (nSPS) is 10.0. The molecule has 1 aromatic rings. The van der Waals surface area contributed by atoms with Crippen molar-refractivity contribution in [1.82, 2.24) is 0 Å². The SMILES string of the molecule is COC(=O)c1ccc(N)c(CCCO)c1. The summed E-state index contributed by atoms with van der Waals surface area (Å²) in [5, 5.41) is 8.71. The fourth-order valence-corrected chi connectivity index (χ4v) is 1.34. The first-order valence-corrected chi connectivity index (χ1v) is 4.76. The van der Waals surface area contributed by atoms with Crippen molar-refractivity contribution in [3.8, 4) is 0 Å². The van der Waals surface area contributed by atoms with Crippen molar-refractivity contribution in [3.63, 3.8) is 0 Å². The molecule has 0 heterocycles. The van der Waals surface area contributed by atoms with Crippen molar-refractivity contribution in [1.29, 1.82) is 0 Å². The average molecular weight is 209 g/mol. The number of aliphatic hydroxyl groups is 1. The number of nitrogen functional groups attached to an aromatic ring is 1. The first-order chi connectivity index (χ1) is 7.19. The van der Waals surface area contributed by atoms with Crippen LogP contribution < -0.4 is 5.73 Å². The first-order valence-electron chi connectivity index (χ1n) is 4.76. The van der Waals surface area contributed by atoms with Crippen LogP contribution in [-0.4, -0.2) is 24.8 Å². The van der Waals surface area contributed by atoms with E-state index in [2.05, 4.69) is 4.74 Å². The van der Waals surface area contributed by atoms with Crippen LogP contribution in [-0.2, 0) is 11.2 Å². The molecule has 0 saturated carbocycles. The summed E-state index contributed by atoms with van der Waals surface area (Å²) in [5.41, 5.74) is 7.73. The number of carbonyl (C=O) groups excluding carboxylic acids is 1. The minimum atomic E-state index is -0.375. The summed E-state index contributed by atoms with van der Waals surface area (Å²) in [4.78, 5) is 11.2. The topological polar surface area (TPSA) is 72.5 Å². The molecule has 1 rings (SSSR count). The third kappa shape index (κ3) is 2.95. The molecule has 0 unspecified atom stereocenters. The van der Waals surface area contributed by atoms with Crippen molar-refractivity contribution < 1.29 is 14.6 Å². The van der Waals surface area contributed by atoms with Gasteiger partial charge in [0.15, 0.2) is 0 Å². The van der Waals surface area contributed by atoms with Crippen LogP contribution in [0.4, 0.5) is 5.69 Å². The predicted molar refractivity (Wildman–Crippen MR) is 57.6 cm³/mol. The monoisotopic (exact) mass is 209 g/mol. The van der Waals surface area contributed by atoms with E-state index >= 15 is 0 Å². The van der Waals surface area contributed by atoms with Gasteiger partial charge in [-0.1, -0.05) is 0 Å². The summed E-state index contributed by atoms with van der Waals surface area (Å²) >= 11 is 0. The van der Waals surface area contributed by atoms with Gasteiger partial charge in [-0.05, 0) is 36.6 Å². The summed E-state index contributed by atoms with van der Waals surface area (Å²) in [6.07, 6.45) is 1.29. The molecule has 15 heavy (non-hydrogen) atoms. The summed E-state index contributed by atoms with van der Waals surface area (Å²) in [6, 6.07) is 5.01. The Morgan fingerprint density at radius 2 is 2.27 bits per heavy atom. The van der Waals surface area contributed by atoms with Crippen LogP contribution in [0.5, 0.6) is 0 Å². The van der Waals surface area contributed by atoms with Crippen LogP contribution in [0.25, 0.3) is 0 Å². The van der Waals surface area contributed by atoms with E-state index in [4.69, 9.17) is 10.8 Å². The van der Waals surface area contributed by atoms with Gasteiger partial charge in [0, 0.05) is 12.3 Å². The Morgan fingerprint density at radius 3 is 2.87 bits per heavy atom. The second kappa shape index (κ2) is 5.36. The van der Waals surface area contributed by atoms with Crippen molar-refractivity contribution in [2.75, 3.05) is 19.5 Å². The van der Waals surface area contributed by atoms with E-state index in [1.54, 1.807) is 18.2 Å². The number of hydrogen-bond donors (Lipinski definition) is 2. The quantitative estimate of drug-likeness (QED) is 0.572. The molecule has 0 saturated heterocycles. The van der Waals surface area contributed by atoms with Gasteiger partial charge in [0.05, 0.1) is 12.7 Å². The number of methoxy groups -OCH3 is 1. The van der Waals surface area contributed by atoms with Gasteiger partial charge in [-0.25, -0.2) is 4.79 Å². The number of rotatable bonds is 4. The highest BCUT2D eigenvalue weighted by molar-refractivity contribution is 5.90. The third-order valence-corrected chi connectivity index (χ3v) is 2.17. The molecular formula is C11H15NO3. The van der Waals surface area contributed by atoms with E-state index in [1.165, 1.54) is 7.11 Å². The van der Waals surface area contributed by atoms with Crippen molar-refractivity contribution in [2.45, 2.75) is 12.8 Å². The van der Waals surface area contributed by atoms with E-state index in [0.29, 0.717) is 24.1 Å². The minimum Gasteiger partial charge on any atom is -0.465 e. The largest absolute Gasteiger partial charge is 0.465 e. The lowest BCUT2D eigenvalue weighted by molar-refractivity contribution is 0.0600. The number of benzene rings is 1. The molecule has 0 aliphatic carbocycles. The molecule has 0 aliphatic heterocycles. The Bertz CT molecular complexity index is 350. The zero-order valence-corrected chi connectivity index (χ0v) is 8.69. The third-order valence-electron chi connectivity index (χ3n) is 2.17. The molecule has 4 nitrogen and oxygen atoms in total. The Labute approximate surface area is 88.7 Å². The summed E-state index contributed by atoms with van der Waals surface area (Å²) < 4.78 is 4.61. The molecule has 1 aromatic carbocycles. The zero-order chi connectivity index (χ0) is 11.3. The van der Waals surface area contributed by atoms with Crippen LogP contribution in [0.3, 0.4) is 0 Å². The number of anilines is 1. The predicted octanol–water partition coefficient (Wildman–Crippen LogP) is 0.980. The highest BCUT2D eigenvalue weighted by Gasteiger charge is 2.07. The molecule has 0 aromatic heterocycles. The van der Waals surface area contributed by atoms with Gasteiger partial charge >= 0.3 is 5.97 Å². The van der Waals surface area contributed by atoms with Gasteiger partial charge in [0.2, 0.25) is 0 Å². The van der Waals surface area contributed by atoms with Gasteiger partial charge in [-0.2, -0.15) is 0 Å². The lowest BCUT2D eigenvalue weighted by Gasteiger charge is -2.06. The smallest absolute Gasteiger partial charge is 0.337 e. The summed E-state index contributed by atoms with van der Waals surface area (Å²) in [5.74, 6) is -0.375. The second-order valence-corrected chi connectivity index (χ2v) is 3.23. The van der Waals surface area contributed by atoms with Crippen LogP contribution in [0.1, 0.15) is 22.3 Å². The van der Waals surface area contributed by atoms with E-state index in [-0.39, 0.29) is 12.6 Å². The van der Waals surface area contributed by atoms with Crippen LogP contribution in [0.2, 0.25) is 0 Å². The number of aryl methyl sites for hydroxylation is 1. The minimum absolute atomic E-state index is 0.113. The number of nitrogens with two attached hydrogens (primary N) is 1. The highest BCUT2D eigenvalue weighted by atomic mass is 16.5. The molecule has 0 fully saturated rings. The maximum Gasteiger partial charge on any atom is 0.337 e. The second-order valence-electron chi connectivity index (χ2n) is 3.23. The van der Waals surface area contributed by atoms with Gasteiger partial charge in [0.25, 0.3) is 0 Å². The molecule has 0 aliphatic rings. The first kappa shape index (κ1) is 11.5. The van der Waals surface area contributed by atoms with Crippen molar-refractivity contribution >= 4 is 11.7 Å². The average Bonchev–Trinajstić information content (AvgIpc) is 2.27. The Kier molecular flexibility index (Phi) is 4.12. The van der Waals surface area contributed by atoms with E-state index in [1.807, 2.05) is 0 Å². The lowest BCUT2D eigenvalue weighted by Crippen LogP contribution is -2.04. The highest BCUT2D eigenvalue weighted by Crippen LogP contribution is 2.16. The lowest BCUT2D eigenvalue weighted by atomic mass is 10.0. The molecular weight excluding hydrogens is 194 g/mol. The number of aliphatic hydroxyl groups excluding tert-OH is 1. The number of carbonyl (C=O) groups is 1. The summed E-state index contributed by atoms with van der Waals surface area (Å²) in [7, 11) is 1.34. The maximum absolute atomic E-state index is 11.2. The molecule has 0 radical (unpaired) electrons. The Balaban J connectivity index is 2.89. The molecule has 0 amide bonds. The van der Waals surface area contributed by atoms with E-state index in [0.717, 1.165) is 5.56 Å². The molecule has 0 spiro atoms. The van der Waals surface area contributed by atoms with Gasteiger partial charge in [-0.3, -0.25) is 0 Å². The molecule has 0 atom stereocenters. The van der Waals surface area contributed by atoms with E-state index < -0.39 is 0 Å². The van der Waals surface area contributed by atoms with Crippen LogP contribution in [0.15, 0.2) is 18.2 Å². The molecule has 4 heteroatoms. The maximum atomic E-state index is 11.2. The van der Waals surface area contributed by atoms with Crippen LogP contribution >= 0.6 is 0 Å². The van der Waals surface area contributed by atoms with Gasteiger partial charge in [0.1, 0.15) is 0 Å². The standard InChI is InChI=1S/C11H15NO3/c1-15-11(14)9-4-5-10(12)8(7-9)3-2-6-13/h4-5,7,13H,2-3,6,12H2,1H3. The number of hydrogen-bond acceptors (Lipinski definition) is 4. The van der Waals surface area contributed by atoms with Crippen LogP contribution in [0, 0.1) is 0 Å². The fraction of sp³-hybridized carbons (Fsp3) is 0.364. The molecule has 82 valence electrons. The summed E-state index contributed by atoms with van der Waals surface area (Å²) in [6.45, 7) is 0.113.